The van der Waals surface area contributed by atoms with Crippen molar-refractivity contribution in [3.8, 4) is 0 Å². The molecule has 1 amide bonds. The summed E-state index contributed by atoms with van der Waals surface area (Å²) in [4.78, 5) is 15.9. The Kier molecular flexibility index (Phi) is 2.77. The van der Waals surface area contributed by atoms with Gasteiger partial charge >= 0.3 is 0 Å². The van der Waals surface area contributed by atoms with Crippen molar-refractivity contribution in [2.24, 2.45) is 0 Å². The molecule has 0 aromatic carbocycles. The zero-order chi connectivity index (χ0) is 10.1. The fraction of sp³-hybridized carbons (Fsp3) is 0.909. The van der Waals surface area contributed by atoms with Crippen molar-refractivity contribution in [1.82, 2.24) is 9.80 Å². The third-order valence-corrected chi connectivity index (χ3v) is 3.56. The highest BCUT2D eigenvalue weighted by Crippen LogP contribution is 2.30. The van der Waals surface area contributed by atoms with Gasteiger partial charge < -0.3 is 4.90 Å². The van der Waals surface area contributed by atoms with Gasteiger partial charge in [0.1, 0.15) is 0 Å². The standard InChI is InChI=1S/C11H20N2O/c1-3-4-5-12-7-11-6-10(12)8-13(11)9(2)14/h10-11H,3-8H2,1-2H3. The normalized spacial score (nSPS) is 31.4. The molecule has 2 saturated heterocycles. The zero-order valence-electron chi connectivity index (χ0n) is 9.20. The number of carbonyl (C=O) groups is 1. The molecule has 3 nitrogen and oxygen atoms in total. The van der Waals surface area contributed by atoms with Crippen LogP contribution in [0.15, 0.2) is 0 Å². The summed E-state index contributed by atoms with van der Waals surface area (Å²) < 4.78 is 0. The van der Waals surface area contributed by atoms with Crippen molar-refractivity contribution >= 4 is 5.91 Å². The van der Waals surface area contributed by atoms with Gasteiger partial charge in [0.2, 0.25) is 5.91 Å². The lowest BCUT2D eigenvalue weighted by atomic mass is 10.2. The fourth-order valence-electron chi connectivity index (χ4n) is 2.77. The van der Waals surface area contributed by atoms with Gasteiger partial charge in [-0.1, -0.05) is 13.3 Å². The minimum Gasteiger partial charge on any atom is -0.337 e. The topological polar surface area (TPSA) is 23.6 Å². The van der Waals surface area contributed by atoms with Gasteiger partial charge in [-0.25, -0.2) is 0 Å². The predicted octanol–water partition coefficient (Wildman–Crippen LogP) is 1.09. The second-order valence-corrected chi connectivity index (χ2v) is 4.56. The molecule has 14 heavy (non-hydrogen) atoms. The van der Waals surface area contributed by atoms with Gasteiger partial charge in [-0.05, 0) is 19.4 Å². The Balaban J connectivity index is 1.87. The van der Waals surface area contributed by atoms with Crippen LogP contribution in [0.2, 0.25) is 0 Å². The lowest BCUT2D eigenvalue weighted by Gasteiger charge is -2.33. The predicted molar refractivity (Wildman–Crippen MR) is 56.1 cm³/mol. The Morgan fingerprint density at radius 3 is 2.64 bits per heavy atom. The highest BCUT2D eigenvalue weighted by Gasteiger charge is 2.43. The summed E-state index contributed by atoms with van der Waals surface area (Å²) in [5.74, 6) is 0.257. The van der Waals surface area contributed by atoms with E-state index in [9.17, 15) is 4.79 Å². The number of carbonyl (C=O) groups excluding carboxylic acids is 1. The third kappa shape index (κ3) is 1.65. The highest BCUT2D eigenvalue weighted by atomic mass is 16.2. The van der Waals surface area contributed by atoms with E-state index in [-0.39, 0.29) is 5.91 Å². The maximum absolute atomic E-state index is 11.3. The molecular weight excluding hydrogens is 176 g/mol. The van der Waals surface area contributed by atoms with E-state index in [1.54, 1.807) is 6.92 Å². The van der Waals surface area contributed by atoms with Gasteiger partial charge in [0, 0.05) is 32.1 Å². The number of fused-ring (bicyclic) bond motifs is 2. The Labute approximate surface area is 86.1 Å². The number of likely N-dealkylation sites (tertiary alicyclic amines) is 2. The molecule has 2 rings (SSSR count). The van der Waals surface area contributed by atoms with Crippen LogP contribution < -0.4 is 0 Å². The number of rotatable bonds is 3. The molecule has 0 radical (unpaired) electrons. The fourth-order valence-corrected chi connectivity index (χ4v) is 2.77. The molecule has 2 atom stereocenters. The monoisotopic (exact) mass is 196 g/mol. The molecule has 80 valence electrons. The van der Waals surface area contributed by atoms with E-state index in [2.05, 4.69) is 11.8 Å². The summed E-state index contributed by atoms with van der Waals surface area (Å²) in [6, 6.07) is 1.19. The van der Waals surface area contributed by atoms with Gasteiger partial charge in [0.05, 0.1) is 0 Å². The van der Waals surface area contributed by atoms with Crippen LogP contribution in [0.25, 0.3) is 0 Å². The number of amides is 1. The van der Waals surface area contributed by atoms with E-state index >= 15 is 0 Å². The molecular formula is C11H20N2O. The van der Waals surface area contributed by atoms with E-state index in [0.717, 1.165) is 13.1 Å². The molecule has 2 fully saturated rings. The van der Waals surface area contributed by atoms with E-state index < -0.39 is 0 Å². The van der Waals surface area contributed by atoms with Gasteiger partial charge in [-0.3, -0.25) is 9.69 Å². The summed E-state index contributed by atoms with van der Waals surface area (Å²) in [6.45, 7) is 7.24. The quantitative estimate of drug-likeness (QED) is 0.674. The first-order chi connectivity index (χ1) is 6.72. The van der Waals surface area contributed by atoms with Gasteiger partial charge in [-0.15, -0.1) is 0 Å². The van der Waals surface area contributed by atoms with Crippen molar-refractivity contribution in [2.75, 3.05) is 19.6 Å². The first kappa shape index (κ1) is 9.97. The molecule has 0 saturated carbocycles. The zero-order valence-corrected chi connectivity index (χ0v) is 9.20. The first-order valence-corrected chi connectivity index (χ1v) is 5.73. The highest BCUT2D eigenvalue weighted by molar-refractivity contribution is 5.74. The van der Waals surface area contributed by atoms with E-state index in [4.69, 9.17) is 0 Å². The molecule has 2 bridgehead atoms. The summed E-state index contributed by atoms with van der Waals surface area (Å²) in [5, 5.41) is 0. The Bertz CT molecular complexity index is 229. The minimum atomic E-state index is 0.257. The molecule has 2 unspecified atom stereocenters. The van der Waals surface area contributed by atoms with Gasteiger partial charge in [0.15, 0.2) is 0 Å². The molecule has 2 heterocycles. The van der Waals surface area contributed by atoms with Gasteiger partial charge in [-0.2, -0.15) is 0 Å². The second-order valence-electron chi connectivity index (χ2n) is 4.56. The maximum atomic E-state index is 11.3. The number of unbranched alkanes of at least 4 members (excludes halogenated alkanes) is 1. The van der Waals surface area contributed by atoms with Crippen LogP contribution in [0.4, 0.5) is 0 Å². The van der Waals surface area contributed by atoms with Crippen molar-refractivity contribution in [1.29, 1.82) is 0 Å². The molecule has 0 aromatic rings. The Morgan fingerprint density at radius 2 is 2.14 bits per heavy atom. The van der Waals surface area contributed by atoms with Crippen LogP contribution in [0.3, 0.4) is 0 Å². The molecule has 0 spiro atoms. The van der Waals surface area contributed by atoms with Crippen LogP contribution >= 0.6 is 0 Å². The minimum absolute atomic E-state index is 0.257. The molecule has 2 aliphatic heterocycles. The van der Waals surface area contributed by atoms with Crippen LogP contribution in [-0.4, -0.2) is 47.4 Å². The summed E-state index contributed by atoms with van der Waals surface area (Å²) in [5.41, 5.74) is 0. The number of hydrogen-bond acceptors (Lipinski definition) is 2. The molecule has 2 aliphatic rings. The van der Waals surface area contributed by atoms with Crippen molar-refractivity contribution in [2.45, 2.75) is 45.2 Å². The lowest BCUT2D eigenvalue weighted by Crippen LogP contribution is -2.48. The summed E-state index contributed by atoms with van der Waals surface area (Å²) in [7, 11) is 0. The average molecular weight is 196 g/mol. The molecule has 3 heteroatoms. The van der Waals surface area contributed by atoms with Crippen molar-refractivity contribution in [3.63, 3.8) is 0 Å². The smallest absolute Gasteiger partial charge is 0.219 e. The Hall–Kier alpha value is -0.570. The molecule has 0 aromatic heterocycles. The number of piperazine rings is 1. The van der Waals surface area contributed by atoms with Gasteiger partial charge in [0.25, 0.3) is 0 Å². The van der Waals surface area contributed by atoms with E-state index in [0.29, 0.717) is 12.1 Å². The van der Waals surface area contributed by atoms with Crippen molar-refractivity contribution < 1.29 is 4.79 Å². The van der Waals surface area contributed by atoms with E-state index in [1.807, 2.05) is 4.90 Å². The Morgan fingerprint density at radius 1 is 1.36 bits per heavy atom. The second kappa shape index (κ2) is 3.89. The average Bonchev–Trinajstić information content (AvgIpc) is 2.72. The van der Waals surface area contributed by atoms with Crippen LogP contribution in [0.5, 0.6) is 0 Å². The summed E-state index contributed by atoms with van der Waals surface area (Å²) in [6.07, 6.45) is 3.77. The first-order valence-electron chi connectivity index (χ1n) is 5.73. The largest absolute Gasteiger partial charge is 0.337 e. The number of hydrogen-bond donors (Lipinski definition) is 0. The molecule has 0 aliphatic carbocycles. The SMILES string of the molecule is CCCCN1CC2CC1CN2C(C)=O. The van der Waals surface area contributed by atoms with Crippen LogP contribution in [0, 0.1) is 0 Å². The van der Waals surface area contributed by atoms with Crippen LogP contribution in [0.1, 0.15) is 33.1 Å². The maximum Gasteiger partial charge on any atom is 0.219 e. The van der Waals surface area contributed by atoms with Crippen LogP contribution in [-0.2, 0) is 4.79 Å². The summed E-state index contributed by atoms with van der Waals surface area (Å²) >= 11 is 0. The van der Waals surface area contributed by atoms with Crippen molar-refractivity contribution in [3.05, 3.63) is 0 Å². The molecule has 0 N–H and O–H groups in total. The lowest BCUT2D eigenvalue weighted by molar-refractivity contribution is -0.131. The van der Waals surface area contributed by atoms with E-state index in [1.165, 1.54) is 25.8 Å². The number of nitrogens with zero attached hydrogens (tertiary/aromatic N) is 2. The third-order valence-electron chi connectivity index (χ3n) is 3.56.